The molecule has 10 heteroatoms. The number of aromatic nitrogens is 2. The largest absolute Gasteiger partial charge is 0.462 e. The van der Waals surface area contributed by atoms with E-state index in [0.717, 1.165) is 10.9 Å². The third kappa shape index (κ3) is 5.14. The summed E-state index contributed by atoms with van der Waals surface area (Å²) in [6.45, 7) is 7.01. The van der Waals surface area contributed by atoms with E-state index < -0.39 is 41.1 Å². The normalized spacial score (nSPS) is 18.3. The molecule has 1 saturated heterocycles. The second kappa shape index (κ2) is 7.77. The van der Waals surface area contributed by atoms with Crippen LogP contribution in [0.15, 0.2) is 6.20 Å². The molecule has 1 atom stereocenters. The Morgan fingerprint density at radius 2 is 1.96 bits per heavy atom. The summed E-state index contributed by atoms with van der Waals surface area (Å²) in [7, 11) is 0. The van der Waals surface area contributed by atoms with Gasteiger partial charge in [0, 0.05) is 13.1 Å². The molecule has 0 spiro atoms. The van der Waals surface area contributed by atoms with Crippen molar-refractivity contribution in [3.05, 3.63) is 17.5 Å². The van der Waals surface area contributed by atoms with Crippen LogP contribution >= 0.6 is 0 Å². The van der Waals surface area contributed by atoms with E-state index in [1.54, 1.807) is 20.8 Å². The lowest BCUT2D eigenvalue weighted by molar-refractivity contribution is -0.145. The molecule has 1 aliphatic heterocycles. The first-order valence-corrected chi connectivity index (χ1v) is 8.73. The Bertz CT molecular complexity index is 695. The maximum absolute atomic E-state index is 13.6. The number of esters is 1. The summed E-state index contributed by atoms with van der Waals surface area (Å²) in [5.74, 6) is -1.07. The van der Waals surface area contributed by atoms with Crippen LogP contribution in [0.3, 0.4) is 0 Å². The molecule has 27 heavy (non-hydrogen) atoms. The van der Waals surface area contributed by atoms with Crippen LogP contribution < -0.4 is 0 Å². The van der Waals surface area contributed by atoms with Crippen LogP contribution in [0.2, 0.25) is 0 Å². The molecule has 0 aromatic carbocycles. The van der Waals surface area contributed by atoms with Gasteiger partial charge in [0.25, 0.3) is 0 Å². The lowest BCUT2D eigenvalue weighted by Gasteiger charge is -2.34. The van der Waals surface area contributed by atoms with Crippen molar-refractivity contribution in [2.24, 2.45) is 0 Å². The summed E-state index contributed by atoms with van der Waals surface area (Å²) in [5.41, 5.74) is -2.49. The molecule has 0 aliphatic carbocycles. The number of carbonyl (C=O) groups is 2. The van der Waals surface area contributed by atoms with Crippen molar-refractivity contribution < 1.29 is 32.2 Å². The molecule has 0 saturated carbocycles. The second-order valence-electron chi connectivity index (χ2n) is 7.29. The average molecular weight is 391 g/mol. The number of hydrogen-bond donors (Lipinski definition) is 0. The average Bonchev–Trinajstić information content (AvgIpc) is 2.99. The topological polar surface area (TPSA) is 73.7 Å². The summed E-state index contributed by atoms with van der Waals surface area (Å²) in [4.78, 5) is 25.5. The molecule has 0 radical (unpaired) electrons. The van der Waals surface area contributed by atoms with Crippen molar-refractivity contribution in [3.63, 3.8) is 0 Å². The molecular weight excluding hydrogens is 367 g/mol. The zero-order valence-electron chi connectivity index (χ0n) is 15.8. The molecule has 1 aromatic heterocycles. The first kappa shape index (κ1) is 21.0. The number of amides is 1. The number of nitrogens with zero attached hydrogens (tertiary/aromatic N) is 3. The Morgan fingerprint density at radius 1 is 1.30 bits per heavy atom. The smallest absolute Gasteiger partial charge is 0.433 e. The van der Waals surface area contributed by atoms with Gasteiger partial charge in [-0.1, -0.05) is 0 Å². The fourth-order valence-corrected chi connectivity index (χ4v) is 2.93. The minimum atomic E-state index is -4.78. The number of alkyl halides is 3. The van der Waals surface area contributed by atoms with Crippen LogP contribution in [-0.2, 0) is 15.7 Å². The molecule has 0 N–H and O–H groups in total. The van der Waals surface area contributed by atoms with E-state index in [1.165, 1.54) is 11.8 Å². The van der Waals surface area contributed by atoms with Gasteiger partial charge in [-0.05, 0) is 40.5 Å². The Kier molecular flexibility index (Phi) is 6.06. The zero-order valence-corrected chi connectivity index (χ0v) is 15.8. The van der Waals surface area contributed by atoms with Crippen LogP contribution in [0, 0.1) is 0 Å². The summed E-state index contributed by atoms with van der Waals surface area (Å²) in [6.07, 6.45) is -3.61. The number of piperidine rings is 1. The molecule has 1 amide bonds. The number of carbonyl (C=O) groups excluding carboxylic acids is 2. The van der Waals surface area contributed by atoms with E-state index in [2.05, 4.69) is 5.10 Å². The van der Waals surface area contributed by atoms with Crippen molar-refractivity contribution in [1.82, 2.24) is 14.7 Å². The lowest BCUT2D eigenvalue weighted by atomic mass is 10.1. The highest BCUT2D eigenvalue weighted by Gasteiger charge is 2.43. The molecule has 1 aliphatic rings. The highest BCUT2D eigenvalue weighted by Crippen LogP contribution is 2.36. The van der Waals surface area contributed by atoms with Gasteiger partial charge in [-0.3, -0.25) is 4.68 Å². The Labute approximate surface area is 155 Å². The minimum absolute atomic E-state index is 0.0158. The van der Waals surface area contributed by atoms with Gasteiger partial charge in [0.1, 0.15) is 11.2 Å². The van der Waals surface area contributed by atoms with Gasteiger partial charge >= 0.3 is 18.2 Å². The SMILES string of the molecule is CCOC(=O)c1cnn(C2CCCN(C(=O)OC(C)(C)C)C2)c1C(F)(F)F. The Morgan fingerprint density at radius 3 is 2.52 bits per heavy atom. The molecule has 7 nitrogen and oxygen atoms in total. The fraction of sp³-hybridized carbons (Fsp3) is 0.706. The summed E-state index contributed by atoms with van der Waals surface area (Å²) in [6, 6.07) is -0.717. The third-order valence-corrected chi connectivity index (χ3v) is 3.95. The highest BCUT2D eigenvalue weighted by atomic mass is 19.4. The summed E-state index contributed by atoms with van der Waals surface area (Å²) < 4.78 is 51.6. The van der Waals surface area contributed by atoms with Gasteiger partial charge in [0.2, 0.25) is 0 Å². The minimum Gasteiger partial charge on any atom is -0.462 e. The predicted octanol–water partition coefficient (Wildman–Crippen LogP) is 3.65. The van der Waals surface area contributed by atoms with Crippen LogP contribution in [-0.4, -0.2) is 52.0 Å². The van der Waals surface area contributed by atoms with Crippen LogP contribution in [0.1, 0.15) is 62.6 Å². The molecule has 2 heterocycles. The van der Waals surface area contributed by atoms with E-state index in [4.69, 9.17) is 9.47 Å². The lowest BCUT2D eigenvalue weighted by Crippen LogP contribution is -2.44. The monoisotopic (exact) mass is 391 g/mol. The second-order valence-corrected chi connectivity index (χ2v) is 7.29. The maximum atomic E-state index is 13.6. The van der Waals surface area contributed by atoms with Crippen molar-refractivity contribution >= 4 is 12.1 Å². The number of hydrogen-bond acceptors (Lipinski definition) is 5. The van der Waals surface area contributed by atoms with Gasteiger partial charge in [0.15, 0.2) is 5.69 Å². The molecule has 1 unspecified atom stereocenters. The first-order chi connectivity index (χ1) is 12.4. The van der Waals surface area contributed by atoms with E-state index in [0.29, 0.717) is 19.4 Å². The van der Waals surface area contributed by atoms with Crippen LogP contribution in [0.5, 0.6) is 0 Å². The molecule has 1 fully saturated rings. The predicted molar refractivity (Wildman–Crippen MR) is 89.3 cm³/mol. The molecule has 152 valence electrons. The van der Waals surface area contributed by atoms with Crippen LogP contribution in [0.25, 0.3) is 0 Å². The van der Waals surface area contributed by atoms with Gasteiger partial charge in [-0.15, -0.1) is 0 Å². The Balaban J connectivity index is 2.29. The van der Waals surface area contributed by atoms with Gasteiger partial charge < -0.3 is 14.4 Å². The number of rotatable bonds is 3. The maximum Gasteiger partial charge on any atom is 0.433 e. The summed E-state index contributed by atoms with van der Waals surface area (Å²) >= 11 is 0. The fourth-order valence-electron chi connectivity index (χ4n) is 2.93. The van der Waals surface area contributed by atoms with E-state index in [9.17, 15) is 22.8 Å². The molecular formula is C17H24F3N3O4. The first-order valence-electron chi connectivity index (χ1n) is 8.73. The summed E-state index contributed by atoms with van der Waals surface area (Å²) in [5, 5.41) is 3.80. The standard InChI is InChI=1S/C17H24F3N3O4/c1-5-26-14(24)12-9-21-23(13(12)17(18,19)20)11-7-6-8-22(10-11)15(25)27-16(2,3)4/h9,11H,5-8,10H2,1-4H3. The number of likely N-dealkylation sites (tertiary alicyclic amines) is 1. The number of ether oxygens (including phenoxy) is 2. The van der Waals surface area contributed by atoms with Gasteiger partial charge in [0.05, 0.1) is 18.8 Å². The third-order valence-electron chi connectivity index (χ3n) is 3.95. The van der Waals surface area contributed by atoms with Crippen molar-refractivity contribution in [1.29, 1.82) is 0 Å². The van der Waals surface area contributed by atoms with E-state index >= 15 is 0 Å². The Hall–Kier alpha value is -2.26. The van der Waals surface area contributed by atoms with Crippen molar-refractivity contribution in [3.8, 4) is 0 Å². The van der Waals surface area contributed by atoms with Crippen molar-refractivity contribution in [2.45, 2.75) is 58.4 Å². The number of halogens is 3. The van der Waals surface area contributed by atoms with Gasteiger partial charge in [-0.25, -0.2) is 9.59 Å². The zero-order chi connectivity index (χ0) is 20.4. The molecule has 0 bridgehead atoms. The highest BCUT2D eigenvalue weighted by molar-refractivity contribution is 5.90. The molecule has 1 aromatic rings. The quantitative estimate of drug-likeness (QED) is 0.736. The van der Waals surface area contributed by atoms with Gasteiger partial charge in [-0.2, -0.15) is 18.3 Å². The van der Waals surface area contributed by atoms with E-state index in [1.807, 2.05) is 0 Å². The molecule has 2 rings (SSSR count). The van der Waals surface area contributed by atoms with E-state index in [-0.39, 0.29) is 13.2 Å². The van der Waals surface area contributed by atoms with Crippen LogP contribution in [0.4, 0.5) is 18.0 Å². The van der Waals surface area contributed by atoms with Crippen molar-refractivity contribution in [2.75, 3.05) is 19.7 Å².